The number of anilines is 1. The van der Waals surface area contributed by atoms with Crippen LogP contribution in [0.4, 0.5) is 5.13 Å². The lowest BCUT2D eigenvalue weighted by Gasteiger charge is -2.23. The Hall–Kier alpha value is -4.50. The van der Waals surface area contributed by atoms with Gasteiger partial charge in [0.2, 0.25) is 10.9 Å². The quantitative estimate of drug-likeness (QED) is 0.246. The topological polar surface area (TPSA) is 94.8 Å². The van der Waals surface area contributed by atoms with E-state index in [9.17, 15) is 9.59 Å². The number of nitrogens with zero attached hydrogens (tertiary/aromatic N) is 3. The summed E-state index contributed by atoms with van der Waals surface area (Å²) in [6.45, 7) is 4.39. The molecule has 0 saturated carbocycles. The van der Waals surface area contributed by atoms with Crippen LogP contribution in [0.5, 0.6) is 11.5 Å². The van der Waals surface area contributed by atoms with Gasteiger partial charge in [0.1, 0.15) is 17.2 Å². The molecule has 1 aliphatic heterocycles. The van der Waals surface area contributed by atoms with Crippen LogP contribution < -0.4 is 19.8 Å². The fourth-order valence-corrected chi connectivity index (χ4v) is 5.57. The molecule has 2 aromatic heterocycles. The minimum atomic E-state index is -0.779. The maximum atomic E-state index is 13.8. The molecule has 5 aromatic rings. The van der Waals surface area contributed by atoms with E-state index in [0.717, 1.165) is 10.6 Å². The summed E-state index contributed by atoms with van der Waals surface area (Å²) < 4.78 is 17.7. The molecule has 3 aromatic carbocycles. The van der Waals surface area contributed by atoms with Crippen LogP contribution in [0.25, 0.3) is 11.0 Å². The Bertz CT molecular complexity index is 1750. The van der Waals surface area contributed by atoms with E-state index in [1.165, 1.54) is 16.2 Å². The first kappa shape index (κ1) is 24.8. The first-order valence-electron chi connectivity index (χ1n) is 12.5. The number of carbonyl (C=O) groups is 1. The normalized spacial score (nSPS) is 14.7. The van der Waals surface area contributed by atoms with Crippen LogP contribution >= 0.6 is 11.3 Å². The summed E-state index contributed by atoms with van der Waals surface area (Å²) in [5.74, 6) is 0.735. The van der Waals surface area contributed by atoms with Gasteiger partial charge >= 0.3 is 0 Å². The summed E-state index contributed by atoms with van der Waals surface area (Å²) in [6, 6.07) is 21.4. The zero-order chi connectivity index (χ0) is 27.1. The molecular formula is C30H25N3O5S. The fourth-order valence-electron chi connectivity index (χ4n) is 4.70. The number of ether oxygens (including phenoxy) is 2. The van der Waals surface area contributed by atoms with Gasteiger partial charge in [0.05, 0.1) is 24.1 Å². The second-order valence-electron chi connectivity index (χ2n) is 9.51. The highest BCUT2D eigenvalue weighted by Gasteiger charge is 2.45. The molecule has 1 aliphatic rings. The van der Waals surface area contributed by atoms with Crippen LogP contribution in [0.3, 0.4) is 0 Å². The van der Waals surface area contributed by atoms with E-state index in [1.54, 1.807) is 43.5 Å². The van der Waals surface area contributed by atoms with E-state index in [-0.39, 0.29) is 22.7 Å². The molecule has 1 atom stereocenters. The lowest BCUT2D eigenvalue weighted by atomic mass is 9.98. The Balaban J connectivity index is 1.48. The van der Waals surface area contributed by atoms with E-state index in [4.69, 9.17) is 13.9 Å². The smallest absolute Gasteiger partial charge is 0.297 e. The van der Waals surface area contributed by atoms with Crippen molar-refractivity contribution in [2.45, 2.75) is 32.4 Å². The molecule has 0 N–H and O–H groups in total. The third kappa shape index (κ3) is 4.34. The Morgan fingerprint density at radius 1 is 0.974 bits per heavy atom. The first-order chi connectivity index (χ1) is 19.0. The Morgan fingerprint density at radius 2 is 1.74 bits per heavy atom. The molecule has 0 fully saturated rings. The number of para-hydroxylation sites is 1. The van der Waals surface area contributed by atoms with Crippen LogP contribution in [0, 0.1) is 0 Å². The monoisotopic (exact) mass is 539 g/mol. The van der Waals surface area contributed by atoms with Crippen molar-refractivity contribution >= 4 is 33.3 Å². The van der Waals surface area contributed by atoms with Gasteiger partial charge in [0.25, 0.3) is 5.91 Å². The zero-order valence-corrected chi connectivity index (χ0v) is 22.4. The van der Waals surface area contributed by atoms with Crippen LogP contribution in [0.15, 0.2) is 82.0 Å². The van der Waals surface area contributed by atoms with Gasteiger partial charge in [-0.1, -0.05) is 73.7 Å². The van der Waals surface area contributed by atoms with Gasteiger partial charge in [0.15, 0.2) is 16.9 Å². The highest BCUT2D eigenvalue weighted by atomic mass is 32.1. The molecule has 0 saturated heterocycles. The van der Waals surface area contributed by atoms with Crippen LogP contribution in [-0.4, -0.2) is 23.2 Å². The molecule has 0 spiro atoms. The predicted octanol–water partition coefficient (Wildman–Crippen LogP) is 6.11. The van der Waals surface area contributed by atoms with E-state index in [0.29, 0.717) is 39.8 Å². The van der Waals surface area contributed by atoms with Crippen molar-refractivity contribution in [1.82, 2.24) is 10.2 Å². The summed E-state index contributed by atoms with van der Waals surface area (Å²) in [4.78, 5) is 29.1. The minimum absolute atomic E-state index is 0.00775. The fraction of sp³-hybridized carbons (Fsp3) is 0.200. The van der Waals surface area contributed by atoms with Crippen molar-refractivity contribution in [3.8, 4) is 11.5 Å². The highest BCUT2D eigenvalue weighted by molar-refractivity contribution is 7.15. The number of hydrogen-bond donors (Lipinski definition) is 0. The van der Waals surface area contributed by atoms with Gasteiger partial charge < -0.3 is 13.9 Å². The molecule has 6 rings (SSSR count). The average Bonchev–Trinajstić information content (AvgIpc) is 3.56. The maximum absolute atomic E-state index is 13.8. The van der Waals surface area contributed by atoms with Gasteiger partial charge in [-0.3, -0.25) is 14.5 Å². The van der Waals surface area contributed by atoms with Crippen molar-refractivity contribution in [3.05, 3.63) is 110 Å². The number of rotatable bonds is 7. The molecule has 196 valence electrons. The molecule has 0 radical (unpaired) electrons. The molecule has 0 aliphatic carbocycles. The number of carbonyl (C=O) groups excluding carboxylic acids is 1. The van der Waals surface area contributed by atoms with Crippen molar-refractivity contribution < 1.29 is 18.7 Å². The number of hydrogen-bond acceptors (Lipinski definition) is 8. The lowest BCUT2D eigenvalue weighted by molar-refractivity contribution is 0.0970. The summed E-state index contributed by atoms with van der Waals surface area (Å²) >= 11 is 1.32. The largest absolute Gasteiger partial charge is 0.493 e. The summed E-state index contributed by atoms with van der Waals surface area (Å²) in [6.07, 6.45) is 0. The molecule has 0 bridgehead atoms. The lowest BCUT2D eigenvalue weighted by Crippen LogP contribution is -2.29. The van der Waals surface area contributed by atoms with E-state index in [1.807, 2.05) is 50.2 Å². The maximum Gasteiger partial charge on any atom is 0.297 e. The Kier molecular flexibility index (Phi) is 6.36. The third-order valence-electron chi connectivity index (χ3n) is 6.65. The van der Waals surface area contributed by atoms with Gasteiger partial charge in [0, 0.05) is 5.92 Å². The zero-order valence-electron chi connectivity index (χ0n) is 21.6. The summed E-state index contributed by atoms with van der Waals surface area (Å²) in [5, 5.41) is 10.2. The second kappa shape index (κ2) is 9.99. The second-order valence-corrected chi connectivity index (χ2v) is 10.5. The third-order valence-corrected chi connectivity index (χ3v) is 7.87. The average molecular weight is 540 g/mol. The molecule has 1 amide bonds. The van der Waals surface area contributed by atoms with Gasteiger partial charge in [-0.15, -0.1) is 10.2 Å². The highest BCUT2D eigenvalue weighted by Crippen LogP contribution is 2.44. The van der Waals surface area contributed by atoms with Crippen molar-refractivity contribution in [3.63, 3.8) is 0 Å². The Labute approximate surface area is 228 Å². The number of methoxy groups -OCH3 is 1. The number of aromatic nitrogens is 2. The minimum Gasteiger partial charge on any atom is -0.493 e. The Morgan fingerprint density at radius 3 is 2.49 bits per heavy atom. The van der Waals surface area contributed by atoms with Crippen molar-refractivity contribution in [1.29, 1.82) is 0 Å². The SMILES string of the molecule is COc1cc([C@@H]2c3c(oc4ccccc4c3=O)C(=O)N2c2nnc(C(C)C)s2)ccc1OCc1ccccc1. The molecule has 9 heteroatoms. The first-order valence-corrected chi connectivity index (χ1v) is 13.3. The standard InChI is InChI=1S/C30H25N3O5S/c1-17(2)28-31-32-30(39-28)33-25(24-26(34)20-11-7-8-12-21(20)38-27(24)29(33)35)19-13-14-22(23(15-19)36-3)37-16-18-9-5-4-6-10-18/h4-15,17,25H,16H2,1-3H3/t25-/m1/s1. The van der Waals surface area contributed by atoms with Crippen molar-refractivity contribution in [2.75, 3.05) is 12.0 Å². The van der Waals surface area contributed by atoms with Gasteiger partial charge in [-0.2, -0.15) is 0 Å². The van der Waals surface area contributed by atoms with Crippen molar-refractivity contribution in [2.24, 2.45) is 0 Å². The van der Waals surface area contributed by atoms with Gasteiger partial charge in [-0.05, 0) is 35.4 Å². The number of benzene rings is 3. The molecule has 39 heavy (non-hydrogen) atoms. The number of fused-ring (bicyclic) bond motifs is 2. The summed E-state index contributed by atoms with van der Waals surface area (Å²) in [7, 11) is 1.56. The van der Waals surface area contributed by atoms with E-state index in [2.05, 4.69) is 10.2 Å². The molecule has 8 nitrogen and oxygen atoms in total. The van der Waals surface area contributed by atoms with Gasteiger partial charge in [-0.25, -0.2) is 0 Å². The number of amides is 1. The predicted molar refractivity (Wildman–Crippen MR) is 149 cm³/mol. The van der Waals surface area contributed by atoms with Crippen LogP contribution in [-0.2, 0) is 6.61 Å². The molecule has 0 unspecified atom stereocenters. The van der Waals surface area contributed by atoms with E-state index < -0.39 is 11.9 Å². The summed E-state index contributed by atoms with van der Waals surface area (Å²) in [5.41, 5.74) is 2.05. The van der Waals surface area contributed by atoms with Crippen LogP contribution in [0.2, 0.25) is 0 Å². The van der Waals surface area contributed by atoms with E-state index >= 15 is 0 Å². The molecular weight excluding hydrogens is 514 g/mol. The van der Waals surface area contributed by atoms with Crippen LogP contribution in [0.1, 0.15) is 58.1 Å². The molecule has 3 heterocycles.